The van der Waals surface area contributed by atoms with Crippen molar-refractivity contribution in [3.05, 3.63) is 44.8 Å². The Bertz CT molecular complexity index is 451. The monoisotopic (exact) mass is 267 g/mol. The number of hydrogen-bond acceptors (Lipinski definition) is 4. The summed E-state index contributed by atoms with van der Waals surface area (Å²) >= 11 is 3.06. The van der Waals surface area contributed by atoms with E-state index in [9.17, 15) is 9.90 Å². The zero-order valence-corrected chi connectivity index (χ0v) is 10.8. The predicted molar refractivity (Wildman–Crippen MR) is 70.5 cm³/mol. The highest BCUT2D eigenvalue weighted by atomic mass is 32.1. The molecule has 0 spiro atoms. The zero-order chi connectivity index (χ0) is 12.1. The average molecular weight is 267 g/mol. The van der Waals surface area contributed by atoms with Crippen LogP contribution in [0.1, 0.15) is 28.4 Å². The van der Waals surface area contributed by atoms with Gasteiger partial charge in [0.05, 0.1) is 6.10 Å². The van der Waals surface area contributed by atoms with Crippen LogP contribution in [0.2, 0.25) is 0 Å². The molecule has 2 aromatic rings. The van der Waals surface area contributed by atoms with E-state index in [0.29, 0.717) is 18.5 Å². The van der Waals surface area contributed by atoms with Crippen LogP contribution in [-0.4, -0.2) is 17.6 Å². The Labute approximate surface area is 108 Å². The molecule has 2 N–H and O–H groups in total. The number of carbonyl (C=O) groups excluding carboxylic acids is 1. The molecule has 1 amide bonds. The van der Waals surface area contributed by atoms with E-state index in [1.165, 1.54) is 11.3 Å². The van der Waals surface area contributed by atoms with Crippen molar-refractivity contribution in [2.24, 2.45) is 0 Å². The minimum Gasteiger partial charge on any atom is -0.388 e. The maximum Gasteiger partial charge on any atom is 0.252 e. The minimum absolute atomic E-state index is 0.0798. The lowest BCUT2D eigenvalue weighted by atomic mass is 10.1. The summed E-state index contributed by atoms with van der Waals surface area (Å²) in [6, 6.07) is 3.69. The van der Waals surface area contributed by atoms with Crippen LogP contribution in [0.15, 0.2) is 33.7 Å². The van der Waals surface area contributed by atoms with Crippen molar-refractivity contribution in [1.29, 1.82) is 0 Å². The van der Waals surface area contributed by atoms with E-state index in [1.54, 1.807) is 17.4 Å². The molecule has 90 valence electrons. The van der Waals surface area contributed by atoms with Crippen molar-refractivity contribution in [3.63, 3.8) is 0 Å². The topological polar surface area (TPSA) is 49.3 Å². The highest BCUT2D eigenvalue weighted by molar-refractivity contribution is 7.08. The molecule has 17 heavy (non-hydrogen) atoms. The van der Waals surface area contributed by atoms with Crippen molar-refractivity contribution in [2.75, 3.05) is 6.54 Å². The van der Waals surface area contributed by atoms with Crippen LogP contribution in [0.3, 0.4) is 0 Å². The Morgan fingerprint density at radius 1 is 1.29 bits per heavy atom. The Morgan fingerprint density at radius 3 is 2.71 bits per heavy atom. The fourth-order valence-corrected chi connectivity index (χ4v) is 2.79. The number of rotatable bonds is 5. The second-order valence-corrected chi connectivity index (χ2v) is 5.19. The van der Waals surface area contributed by atoms with Crippen LogP contribution in [0.5, 0.6) is 0 Å². The number of amides is 1. The maximum atomic E-state index is 11.6. The van der Waals surface area contributed by atoms with E-state index >= 15 is 0 Å². The van der Waals surface area contributed by atoms with Gasteiger partial charge in [-0.2, -0.15) is 22.7 Å². The summed E-state index contributed by atoms with van der Waals surface area (Å²) in [5, 5.41) is 20.1. The third-order valence-corrected chi connectivity index (χ3v) is 3.80. The van der Waals surface area contributed by atoms with Crippen molar-refractivity contribution >= 4 is 28.6 Å². The second kappa shape index (κ2) is 5.95. The first-order chi connectivity index (χ1) is 8.27. The molecule has 1 atom stereocenters. The summed E-state index contributed by atoms with van der Waals surface area (Å²) in [5.41, 5.74) is 1.60. The molecule has 0 aliphatic rings. The normalized spacial score (nSPS) is 12.3. The van der Waals surface area contributed by atoms with Crippen molar-refractivity contribution in [2.45, 2.75) is 12.5 Å². The van der Waals surface area contributed by atoms with Crippen LogP contribution < -0.4 is 5.32 Å². The van der Waals surface area contributed by atoms with Gasteiger partial charge in [-0.05, 0) is 40.3 Å². The molecule has 0 saturated heterocycles. The third-order valence-electron chi connectivity index (χ3n) is 2.41. The first-order valence-corrected chi connectivity index (χ1v) is 7.16. The molecule has 2 rings (SSSR count). The number of thiophene rings is 2. The fourth-order valence-electron chi connectivity index (χ4n) is 1.45. The van der Waals surface area contributed by atoms with Crippen molar-refractivity contribution < 1.29 is 9.90 Å². The van der Waals surface area contributed by atoms with Gasteiger partial charge in [-0.1, -0.05) is 0 Å². The van der Waals surface area contributed by atoms with Crippen LogP contribution in [0, 0.1) is 0 Å². The van der Waals surface area contributed by atoms with Crippen LogP contribution >= 0.6 is 22.7 Å². The zero-order valence-electron chi connectivity index (χ0n) is 9.13. The molecule has 0 bridgehead atoms. The smallest absolute Gasteiger partial charge is 0.252 e. The molecule has 0 aromatic carbocycles. The molecule has 2 heterocycles. The van der Waals surface area contributed by atoms with Gasteiger partial charge in [0.2, 0.25) is 0 Å². The fraction of sp³-hybridized carbons (Fsp3) is 0.250. The number of carbonyl (C=O) groups is 1. The first kappa shape index (κ1) is 12.3. The van der Waals surface area contributed by atoms with Gasteiger partial charge in [0.15, 0.2) is 0 Å². The summed E-state index contributed by atoms with van der Waals surface area (Å²) in [5.74, 6) is -0.0798. The van der Waals surface area contributed by atoms with Gasteiger partial charge in [0.1, 0.15) is 0 Å². The summed E-state index contributed by atoms with van der Waals surface area (Å²) in [7, 11) is 0. The molecule has 2 aromatic heterocycles. The molecule has 3 nitrogen and oxygen atoms in total. The Kier molecular flexibility index (Phi) is 4.30. The Balaban J connectivity index is 1.75. The lowest BCUT2D eigenvalue weighted by molar-refractivity contribution is 0.0943. The van der Waals surface area contributed by atoms with Crippen LogP contribution in [0.4, 0.5) is 0 Å². The quantitative estimate of drug-likeness (QED) is 0.875. The number of aliphatic hydroxyl groups is 1. The highest BCUT2D eigenvalue weighted by Crippen LogP contribution is 2.18. The van der Waals surface area contributed by atoms with E-state index in [1.807, 2.05) is 27.6 Å². The van der Waals surface area contributed by atoms with Gasteiger partial charge < -0.3 is 10.4 Å². The molecular formula is C12H13NO2S2. The molecule has 0 aliphatic carbocycles. The van der Waals surface area contributed by atoms with Crippen LogP contribution in [0.25, 0.3) is 0 Å². The largest absolute Gasteiger partial charge is 0.388 e. The highest BCUT2D eigenvalue weighted by Gasteiger charge is 2.09. The number of aliphatic hydroxyl groups excluding tert-OH is 1. The van der Waals surface area contributed by atoms with E-state index in [4.69, 9.17) is 0 Å². The SMILES string of the molecule is O=C(NCCC(O)c1ccsc1)c1ccsc1. The lowest BCUT2D eigenvalue weighted by Crippen LogP contribution is -2.25. The summed E-state index contributed by atoms with van der Waals surface area (Å²) in [6.45, 7) is 0.478. The average Bonchev–Trinajstić information content (AvgIpc) is 3.02. The van der Waals surface area contributed by atoms with E-state index in [2.05, 4.69) is 5.32 Å². The van der Waals surface area contributed by atoms with Gasteiger partial charge in [-0.3, -0.25) is 4.79 Å². The standard InChI is InChI=1S/C12H13NO2S2/c14-11(9-2-5-16-7-9)1-4-13-12(15)10-3-6-17-8-10/h2-3,5-8,11,14H,1,4H2,(H,13,15). The molecule has 0 saturated carbocycles. The predicted octanol–water partition coefficient (Wildman–Crippen LogP) is 2.66. The van der Waals surface area contributed by atoms with E-state index in [-0.39, 0.29) is 5.91 Å². The molecule has 0 fully saturated rings. The molecule has 0 radical (unpaired) electrons. The van der Waals surface area contributed by atoms with Crippen molar-refractivity contribution in [1.82, 2.24) is 5.32 Å². The second-order valence-electron chi connectivity index (χ2n) is 3.63. The molecular weight excluding hydrogens is 254 g/mol. The minimum atomic E-state index is -0.496. The molecule has 1 unspecified atom stereocenters. The maximum absolute atomic E-state index is 11.6. The summed E-state index contributed by atoms with van der Waals surface area (Å²) in [6.07, 6.45) is 0.0381. The first-order valence-electron chi connectivity index (χ1n) is 5.28. The molecule has 5 heteroatoms. The van der Waals surface area contributed by atoms with Gasteiger partial charge in [0.25, 0.3) is 5.91 Å². The summed E-state index contributed by atoms with van der Waals surface area (Å²) in [4.78, 5) is 11.6. The number of nitrogens with one attached hydrogen (secondary N) is 1. The van der Waals surface area contributed by atoms with E-state index in [0.717, 1.165) is 5.56 Å². The lowest BCUT2D eigenvalue weighted by Gasteiger charge is -2.09. The Morgan fingerprint density at radius 2 is 2.06 bits per heavy atom. The third kappa shape index (κ3) is 3.39. The van der Waals surface area contributed by atoms with Gasteiger partial charge >= 0.3 is 0 Å². The van der Waals surface area contributed by atoms with Gasteiger partial charge in [-0.25, -0.2) is 0 Å². The van der Waals surface area contributed by atoms with Gasteiger partial charge in [0, 0.05) is 17.5 Å². The Hall–Kier alpha value is -1.17. The number of hydrogen-bond donors (Lipinski definition) is 2. The molecule has 0 aliphatic heterocycles. The van der Waals surface area contributed by atoms with Crippen molar-refractivity contribution in [3.8, 4) is 0 Å². The van der Waals surface area contributed by atoms with Crippen LogP contribution in [-0.2, 0) is 0 Å². The summed E-state index contributed by atoms with van der Waals surface area (Å²) < 4.78 is 0. The van der Waals surface area contributed by atoms with E-state index < -0.39 is 6.10 Å². The van der Waals surface area contributed by atoms with Gasteiger partial charge in [-0.15, -0.1) is 0 Å².